The number of piperidine rings is 1. The Balaban J connectivity index is 2.04. The van der Waals surface area contributed by atoms with E-state index >= 15 is 0 Å². The van der Waals surface area contributed by atoms with Crippen LogP contribution in [0.4, 0.5) is 4.39 Å². The monoisotopic (exact) mass is 456 g/mol. The number of aryl methyl sites for hydroxylation is 1. The molecule has 3 atom stereocenters. The smallest absolute Gasteiger partial charge is 0.434 e. The number of H-pyrrole nitrogens is 1. The van der Waals surface area contributed by atoms with Crippen LogP contribution in [0.1, 0.15) is 60.7 Å². The van der Waals surface area contributed by atoms with E-state index in [0.29, 0.717) is 18.4 Å². The highest BCUT2D eigenvalue weighted by atomic mass is 32.2. The van der Waals surface area contributed by atoms with Crippen molar-refractivity contribution in [2.24, 2.45) is 0 Å². The zero-order valence-electron chi connectivity index (χ0n) is 17.4. The van der Waals surface area contributed by atoms with E-state index < -0.39 is 45.8 Å². The van der Waals surface area contributed by atoms with E-state index in [-0.39, 0.29) is 24.4 Å². The second kappa shape index (κ2) is 8.89. The first-order chi connectivity index (χ1) is 14.5. The molecule has 0 radical (unpaired) electrons. The van der Waals surface area contributed by atoms with Crippen LogP contribution in [0.15, 0.2) is 21.3 Å². The summed E-state index contributed by atoms with van der Waals surface area (Å²) in [6, 6.07) is 0.423. The van der Waals surface area contributed by atoms with Crippen molar-refractivity contribution in [3.8, 4) is 0 Å². The molecule has 1 aromatic heterocycles. The fourth-order valence-corrected chi connectivity index (χ4v) is 5.60. The SMILES string of the molecule is Cc1ccc(F)c([C@@H](C)[C@H](NS(=O)(=O)N2CCCCC2C(=O)O)c2n[nH]c(=O)o2)c1C. The molecule has 0 saturated carbocycles. The van der Waals surface area contributed by atoms with E-state index in [0.717, 1.165) is 9.87 Å². The van der Waals surface area contributed by atoms with E-state index in [1.54, 1.807) is 26.8 Å². The van der Waals surface area contributed by atoms with Crippen LogP contribution in [0.3, 0.4) is 0 Å². The minimum absolute atomic E-state index is 0.0236. The topological polar surface area (TPSA) is 146 Å². The molecule has 1 aliphatic heterocycles. The lowest BCUT2D eigenvalue weighted by molar-refractivity contribution is -0.142. The Labute approximate surface area is 178 Å². The van der Waals surface area contributed by atoms with Gasteiger partial charge < -0.3 is 9.52 Å². The molecule has 2 heterocycles. The van der Waals surface area contributed by atoms with Crippen LogP contribution in [0.25, 0.3) is 0 Å². The van der Waals surface area contributed by atoms with Crippen molar-refractivity contribution >= 4 is 16.2 Å². The van der Waals surface area contributed by atoms with Crippen molar-refractivity contribution in [1.82, 2.24) is 19.2 Å². The molecular weight excluding hydrogens is 431 g/mol. The van der Waals surface area contributed by atoms with Crippen LogP contribution < -0.4 is 10.5 Å². The highest BCUT2D eigenvalue weighted by Crippen LogP contribution is 2.35. The number of nitrogens with zero attached hydrogens (tertiary/aromatic N) is 2. The molecule has 0 bridgehead atoms. The summed E-state index contributed by atoms with van der Waals surface area (Å²) in [5.41, 5.74) is 1.66. The van der Waals surface area contributed by atoms with Crippen LogP contribution in [0, 0.1) is 19.7 Å². The third-order valence-corrected chi connectivity index (χ3v) is 7.34. The maximum Gasteiger partial charge on any atom is 0.434 e. The van der Waals surface area contributed by atoms with Gasteiger partial charge in [0.2, 0.25) is 5.89 Å². The van der Waals surface area contributed by atoms with Gasteiger partial charge in [0.05, 0.1) is 0 Å². The number of halogens is 1. The average Bonchev–Trinajstić information content (AvgIpc) is 3.15. The van der Waals surface area contributed by atoms with Crippen molar-refractivity contribution < 1.29 is 27.1 Å². The molecule has 1 aliphatic rings. The van der Waals surface area contributed by atoms with Crippen LogP contribution in [-0.4, -0.2) is 46.6 Å². The summed E-state index contributed by atoms with van der Waals surface area (Å²) in [4.78, 5) is 23.1. The molecule has 170 valence electrons. The highest BCUT2D eigenvalue weighted by molar-refractivity contribution is 7.87. The van der Waals surface area contributed by atoms with Gasteiger partial charge in [-0.25, -0.2) is 14.3 Å². The molecule has 10 nitrogen and oxygen atoms in total. The van der Waals surface area contributed by atoms with Gasteiger partial charge in [-0.2, -0.15) is 17.4 Å². The number of carboxylic acids is 1. The number of aliphatic carboxylic acids is 1. The predicted molar refractivity (Wildman–Crippen MR) is 108 cm³/mol. The molecule has 31 heavy (non-hydrogen) atoms. The zero-order valence-corrected chi connectivity index (χ0v) is 18.2. The van der Waals surface area contributed by atoms with E-state index in [1.807, 2.05) is 0 Å². The van der Waals surface area contributed by atoms with E-state index in [9.17, 15) is 27.5 Å². The van der Waals surface area contributed by atoms with Crippen LogP contribution >= 0.6 is 0 Å². The number of hydrogen-bond donors (Lipinski definition) is 3. The van der Waals surface area contributed by atoms with Gasteiger partial charge in [0.25, 0.3) is 10.2 Å². The Bertz CT molecular complexity index is 1130. The van der Waals surface area contributed by atoms with Crippen LogP contribution in [0.2, 0.25) is 0 Å². The number of aromatic amines is 1. The van der Waals surface area contributed by atoms with Crippen molar-refractivity contribution in [2.75, 3.05) is 6.54 Å². The number of aromatic nitrogens is 2. The van der Waals surface area contributed by atoms with Gasteiger partial charge in [-0.15, -0.1) is 5.10 Å². The van der Waals surface area contributed by atoms with Crippen molar-refractivity contribution in [3.05, 3.63) is 51.1 Å². The van der Waals surface area contributed by atoms with Gasteiger partial charge in [-0.3, -0.25) is 4.79 Å². The number of benzene rings is 1. The fraction of sp³-hybridized carbons (Fsp3) is 0.526. The Morgan fingerprint density at radius 3 is 2.71 bits per heavy atom. The average molecular weight is 456 g/mol. The molecule has 12 heteroatoms. The second-order valence-electron chi connectivity index (χ2n) is 7.70. The van der Waals surface area contributed by atoms with Crippen LogP contribution in [-0.2, 0) is 15.0 Å². The van der Waals surface area contributed by atoms with Gasteiger partial charge in [0.1, 0.15) is 17.9 Å². The lowest BCUT2D eigenvalue weighted by Gasteiger charge is -2.34. The first-order valence-electron chi connectivity index (χ1n) is 9.86. The summed E-state index contributed by atoms with van der Waals surface area (Å²) in [6.45, 7) is 5.11. The molecule has 1 aromatic carbocycles. The maximum absolute atomic E-state index is 14.7. The molecule has 2 aromatic rings. The first kappa shape index (κ1) is 23.1. The lowest BCUT2D eigenvalue weighted by Crippen LogP contribution is -2.53. The molecule has 3 rings (SSSR count). The Morgan fingerprint density at radius 2 is 2.10 bits per heavy atom. The minimum atomic E-state index is -4.34. The molecule has 0 spiro atoms. The van der Waals surface area contributed by atoms with Crippen molar-refractivity contribution in [1.29, 1.82) is 0 Å². The number of carbonyl (C=O) groups is 1. The molecule has 3 N–H and O–H groups in total. The fourth-order valence-electron chi connectivity index (χ4n) is 3.94. The van der Waals surface area contributed by atoms with Gasteiger partial charge in [-0.05, 0) is 55.9 Å². The summed E-state index contributed by atoms with van der Waals surface area (Å²) in [5.74, 6) is -3.78. The highest BCUT2D eigenvalue weighted by Gasteiger charge is 2.40. The molecule has 1 fully saturated rings. The number of nitrogens with one attached hydrogen (secondary N) is 2. The maximum atomic E-state index is 14.7. The normalized spacial score (nSPS) is 19.8. The summed E-state index contributed by atoms with van der Waals surface area (Å²) >= 11 is 0. The van der Waals surface area contributed by atoms with Gasteiger partial charge in [0.15, 0.2) is 0 Å². The van der Waals surface area contributed by atoms with Gasteiger partial charge >= 0.3 is 11.7 Å². The summed E-state index contributed by atoms with van der Waals surface area (Å²) < 4.78 is 49.3. The number of hydrogen-bond acceptors (Lipinski definition) is 6. The van der Waals surface area contributed by atoms with Crippen LogP contribution in [0.5, 0.6) is 0 Å². The third kappa shape index (κ3) is 4.70. The quantitative estimate of drug-likeness (QED) is 0.575. The third-order valence-electron chi connectivity index (χ3n) is 5.73. The number of carboxylic acid groups (broad SMARTS) is 1. The molecule has 0 amide bonds. The van der Waals surface area contributed by atoms with E-state index in [1.165, 1.54) is 6.07 Å². The standard InChI is InChI=1S/C19H25FN4O6S/c1-10-7-8-13(20)15(11(10)2)12(3)16(17-21-22-19(27)30-17)23-31(28,29)24-9-5-4-6-14(24)18(25)26/h7-8,12,14,16,23H,4-6,9H2,1-3H3,(H,22,27)(H,25,26)/t12-,14?,16+/m1/s1. The van der Waals surface area contributed by atoms with E-state index in [4.69, 9.17) is 4.42 Å². The lowest BCUT2D eigenvalue weighted by atomic mass is 9.88. The second-order valence-corrected chi connectivity index (χ2v) is 9.36. The first-order valence-corrected chi connectivity index (χ1v) is 11.3. The molecule has 0 aliphatic carbocycles. The van der Waals surface area contributed by atoms with Crippen molar-refractivity contribution in [3.63, 3.8) is 0 Å². The van der Waals surface area contributed by atoms with Gasteiger partial charge in [-0.1, -0.05) is 13.0 Å². The molecule has 1 saturated heterocycles. The Morgan fingerprint density at radius 1 is 1.39 bits per heavy atom. The largest absolute Gasteiger partial charge is 0.480 e. The Kier molecular flexibility index (Phi) is 6.62. The predicted octanol–water partition coefficient (Wildman–Crippen LogP) is 1.74. The summed E-state index contributed by atoms with van der Waals surface area (Å²) in [6.07, 6.45) is 1.28. The summed E-state index contributed by atoms with van der Waals surface area (Å²) in [7, 11) is -4.34. The minimum Gasteiger partial charge on any atom is -0.480 e. The Hall–Kier alpha value is -2.57. The summed E-state index contributed by atoms with van der Waals surface area (Å²) in [5, 5.41) is 15.3. The van der Waals surface area contributed by atoms with Crippen molar-refractivity contribution in [2.45, 2.75) is 58.0 Å². The van der Waals surface area contributed by atoms with Gasteiger partial charge in [0, 0.05) is 12.5 Å². The number of rotatable bonds is 7. The van der Waals surface area contributed by atoms with E-state index in [2.05, 4.69) is 14.9 Å². The molecule has 1 unspecified atom stereocenters. The molecular formula is C19H25FN4O6S. The zero-order chi connectivity index (χ0) is 22.9.